The van der Waals surface area contributed by atoms with E-state index in [1.54, 1.807) is 0 Å². The van der Waals surface area contributed by atoms with Crippen LogP contribution in [-0.2, 0) is 14.3 Å². The Morgan fingerprint density at radius 1 is 1.56 bits per heavy atom. The van der Waals surface area contributed by atoms with Crippen LogP contribution in [0.2, 0.25) is 0 Å². The monoisotopic (exact) mass is 257 g/mol. The summed E-state index contributed by atoms with van der Waals surface area (Å²) in [5, 5.41) is 3.44. The molecule has 1 heterocycles. The normalized spacial score (nSPS) is 30.2. The first-order valence-corrected chi connectivity index (χ1v) is 6.89. The van der Waals surface area contributed by atoms with Crippen LogP contribution < -0.4 is 5.32 Å². The fourth-order valence-electron chi connectivity index (χ4n) is 2.43. The minimum atomic E-state index is -0.223. The van der Waals surface area contributed by atoms with Crippen LogP contribution in [0.25, 0.3) is 0 Å². The first kappa shape index (κ1) is 15.4. The number of carbonyl (C=O) groups is 1. The summed E-state index contributed by atoms with van der Waals surface area (Å²) in [4.78, 5) is 11.7. The Hall–Kier alpha value is -0.610. The number of ether oxygens (including phenoxy) is 2. The lowest BCUT2D eigenvalue weighted by Crippen LogP contribution is -2.52. The summed E-state index contributed by atoms with van der Waals surface area (Å²) < 4.78 is 10.7. The third-order valence-electron chi connectivity index (χ3n) is 3.88. The Morgan fingerprint density at radius 2 is 2.22 bits per heavy atom. The lowest BCUT2D eigenvalue weighted by molar-refractivity contribution is -0.145. The molecule has 0 aromatic carbocycles. The maximum atomic E-state index is 11.7. The highest BCUT2D eigenvalue weighted by molar-refractivity contribution is 5.75. The summed E-state index contributed by atoms with van der Waals surface area (Å²) in [5.41, 5.74) is -0.0619. The van der Waals surface area contributed by atoms with Gasteiger partial charge in [0.2, 0.25) is 0 Å². The quantitative estimate of drug-likeness (QED) is 0.766. The molecule has 1 rings (SSSR count). The van der Waals surface area contributed by atoms with Gasteiger partial charge in [0, 0.05) is 12.6 Å². The van der Waals surface area contributed by atoms with Crippen molar-refractivity contribution < 1.29 is 14.3 Å². The van der Waals surface area contributed by atoms with Crippen molar-refractivity contribution in [1.29, 1.82) is 0 Å². The predicted molar refractivity (Wildman–Crippen MR) is 71.4 cm³/mol. The van der Waals surface area contributed by atoms with Crippen molar-refractivity contribution in [3.8, 4) is 0 Å². The maximum Gasteiger partial charge on any atom is 0.323 e. The molecule has 0 spiro atoms. The SMILES string of the molecule is CCC1(C)CC(N[C@H](C(=O)OC)C(C)C)CCO1. The van der Waals surface area contributed by atoms with E-state index in [2.05, 4.69) is 19.2 Å². The van der Waals surface area contributed by atoms with E-state index in [0.717, 1.165) is 25.9 Å². The lowest BCUT2D eigenvalue weighted by atomic mass is 9.89. The summed E-state index contributed by atoms with van der Waals surface area (Å²) in [6.07, 6.45) is 2.90. The zero-order valence-corrected chi connectivity index (χ0v) is 12.3. The molecule has 1 aliphatic rings. The molecule has 4 heteroatoms. The highest BCUT2D eigenvalue weighted by Gasteiger charge is 2.34. The average molecular weight is 257 g/mol. The molecule has 4 nitrogen and oxygen atoms in total. The zero-order chi connectivity index (χ0) is 13.8. The molecule has 1 aliphatic heterocycles. The molecule has 0 aromatic rings. The molecule has 1 N–H and O–H groups in total. The molecule has 2 unspecified atom stereocenters. The van der Waals surface area contributed by atoms with Crippen LogP contribution in [-0.4, -0.2) is 37.4 Å². The van der Waals surface area contributed by atoms with Crippen LogP contribution in [0.4, 0.5) is 0 Å². The molecule has 3 atom stereocenters. The number of esters is 1. The van der Waals surface area contributed by atoms with Gasteiger partial charge in [0.15, 0.2) is 0 Å². The van der Waals surface area contributed by atoms with Gasteiger partial charge >= 0.3 is 5.97 Å². The summed E-state index contributed by atoms with van der Waals surface area (Å²) in [6, 6.07) is 0.106. The molecule has 0 aromatic heterocycles. The van der Waals surface area contributed by atoms with E-state index in [-0.39, 0.29) is 23.5 Å². The fourth-order valence-corrected chi connectivity index (χ4v) is 2.43. The summed E-state index contributed by atoms with van der Waals surface area (Å²) >= 11 is 0. The molecule has 106 valence electrons. The van der Waals surface area contributed by atoms with Gasteiger partial charge in [0.1, 0.15) is 6.04 Å². The van der Waals surface area contributed by atoms with Crippen molar-refractivity contribution in [3.63, 3.8) is 0 Å². The van der Waals surface area contributed by atoms with Crippen LogP contribution in [0.15, 0.2) is 0 Å². The molecule has 0 radical (unpaired) electrons. The number of hydrogen-bond acceptors (Lipinski definition) is 4. The minimum absolute atomic E-state index is 0.0619. The summed E-state index contributed by atoms with van der Waals surface area (Å²) in [5.74, 6) is 0.0582. The zero-order valence-electron chi connectivity index (χ0n) is 12.3. The van der Waals surface area contributed by atoms with Crippen molar-refractivity contribution >= 4 is 5.97 Å². The predicted octanol–water partition coefficient (Wildman–Crippen LogP) is 2.12. The smallest absolute Gasteiger partial charge is 0.323 e. The largest absolute Gasteiger partial charge is 0.468 e. The third-order valence-corrected chi connectivity index (χ3v) is 3.88. The molecule has 18 heavy (non-hydrogen) atoms. The highest BCUT2D eigenvalue weighted by atomic mass is 16.5. The first-order chi connectivity index (χ1) is 8.41. The second-order valence-corrected chi connectivity index (χ2v) is 5.75. The van der Waals surface area contributed by atoms with Gasteiger partial charge in [-0.1, -0.05) is 20.8 Å². The average Bonchev–Trinajstić information content (AvgIpc) is 2.35. The van der Waals surface area contributed by atoms with E-state index in [1.165, 1.54) is 7.11 Å². The molecular formula is C14H27NO3. The second kappa shape index (κ2) is 6.53. The Bertz CT molecular complexity index is 280. The highest BCUT2D eigenvalue weighted by Crippen LogP contribution is 2.28. The molecule has 0 aliphatic carbocycles. The van der Waals surface area contributed by atoms with Gasteiger partial charge in [-0.05, 0) is 32.1 Å². The van der Waals surface area contributed by atoms with E-state index in [4.69, 9.17) is 9.47 Å². The third kappa shape index (κ3) is 3.95. The van der Waals surface area contributed by atoms with Gasteiger partial charge in [-0.25, -0.2) is 0 Å². The standard InChI is InChI=1S/C14H27NO3/c1-6-14(4)9-11(7-8-18-14)15-12(10(2)3)13(16)17-5/h10-12,15H,6-9H2,1-5H3/t11?,12-,14?/m0/s1. The molecule has 0 saturated carbocycles. The summed E-state index contributed by atoms with van der Waals surface area (Å²) in [6.45, 7) is 9.11. The van der Waals surface area contributed by atoms with Crippen LogP contribution in [0.1, 0.15) is 47.0 Å². The molecule has 1 fully saturated rings. The number of hydrogen-bond donors (Lipinski definition) is 1. The molecule has 0 bridgehead atoms. The number of methoxy groups -OCH3 is 1. The Balaban J connectivity index is 2.61. The van der Waals surface area contributed by atoms with E-state index in [0.29, 0.717) is 6.04 Å². The summed E-state index contributed by atoms with van der Waals surface area (Å²) in [7, 11) is 1.44. The van der Waals surface area contributed by atoms with Crippen LogP contribution in [0.5, 0.6) is 0 Å². The van der Waals surface area contributed by atoms with Crippen molar-refractivity contribution in [1.82, 2.24) is 5.32 Å². The van der Waals surface area contributed by atoms with Gasteiger partial charge in [-0.3, -0.25) is 4.79 Å². The lowest BCUT2D eigenvalue weighted by Gasteiger charge is -2.39. The van der Waals surface area contributed by atoms with Crippen molar-refractivity contribution in [2.24, 2.45) is 5.92 Å². The number of nitrogens with one attached hydrogen (secondary N) is 1. The van der Waals surface area contributed by atoms with E-state index in [9.17, 15) is 4.79 Å². The van der Waals surface area contributed by atoms with Crippen LogP contribution in [0.3, 0.4) is 0 Å². The second-order valence-electron chi connectivity index (χ2n) is 5.75. The van der Waals surface area contributed by atoms with E-state index >= 15 is 0 Å². The maximum absolute atomic E-state index is 11.7. The minimum Gasteiger partial charge on any atom is -0.468 e. The van der Waals surface area contributed by atoms with Gasteiger partial charge in [-0.2, -0.15) is 0 Å². The van der Waals surface area contributed by atoms with Crippen LogP contribution in [0, 0.1) is 5.92 Å². The van der Waals surface area contributed by atoms with E-state index < -0.39 is 0 Å². The Labute approximate surface area is 110 Å². The van der Waals surface area contributed by atoms with Crippen LogP contribution >= 0.6 is 0 Å². The number of carbonyl (C=O) groups excluding carboxylic acids is 1. The topological polar surface area (TPSA) is 47.6 Å². The fraction of sp³-hybridized carbons (Fsp3) is 0.929. The van der Waals surface area contributed by atoms with E-state index in [1.807, 2.05) is 13.8 Å². The van der Waals surface area contributed by atoms with Crippen molar-refractivity contribution in [2.45, 2.75) is 64.6 Å². The Kier molecular flexibility index (Phi) is 5.60. The molecular weight excluding hydrogens is 230 g/mol. The van der Waals surface area contributed by atoms with Crippen molar-refractivity contribution in [2.75, 3.05) is 13.7 Å². The van der Waals surface area contributed by atoms with Crippen molar-refractivity contribution in [3.05, 3.63) is 0 Å². The Morgan fingerprint density at radius 3 is 2.72 bits per heavy atom. The molecule has 1 saturated heterocycles. The van der Waals surface area contributed by atoms with Gasteiger partial charge < -0.3 is 14.8 Å². The van der Waals surface area contributed by atoms with Gasteiger partial charge in [0.05, 0.1) is 12.7 Å². The van der Waals surface area contributed by atoms with Gasteiger partial charge in [0.25, 0.3) is 0 Å². The van der Waals surface area contributed by atoms with Gasteiger partial charge in [-0.15, -0.1) is 0 Å². The first-order valence-electron chi connectivity index (χ1n) is 6.89. The number of rotatable bonds is 5. The molecule has 0 amide bonds.